The summed E-state index contributed by atoms with van der Waals surface area (Å²) in [6, 6.07) is 0. The van der Waals surface area contributed by atoms with Gasteiger partial charge in [-0.2, -0.15) is 0 Å². The molecule has 84 valence electrons. The Hall–Kier alpha value is -1.33. The van der Waals surface area contributed by atoms with E-state index >= 15 is 0 Å². The lowest BCUT2D eigenvalue weighted by Crippen LogP contribution is -2.02. The summed E-state index contributed by atoms with van der Waals surface area (Å²) in [6.45, 7) is 4.02. The number of aliphatic hydroxyl groups is 1. The van der Waals surface area contributed by atoms with E-state index in [1.807, 2.05) is 13.8 Å². The van der Waals surface area contributed by atoms with Crippen molar-refractivity contribution in [3.05, 3.63) is 39.9 Å². The van der Waals surface area contributed by atoms with Crippen molar-refractivity contribution in [2.45, 2.75) is 26.4 Å². The third kappa shape index (κ3) is 2.43. The maximum Gasteiger partial charge on any atom is 0.115 e. The SMILES string of the molecule is Cc1nc(CC(O)c2cncnc2)sc1C. The van der Waals surface area contributed by atoms with Gasteiger partial charge in [-0.25, -0.2) is 15.0 Å². The standard InChI is InChI=1S/C11H13N3OS/c1-7-8(2)16-11(14-7)3-10(15)9-4-12-6-13-5-9/h4-6,10,15H,3H2,1-2H3. The summed E-state index contributed by atoms with van der Waals surface area (Å²) in [5.41, 5.74) is 1.77. The molecule has 0 aliphatic rings. The quantitative estimate of drug-likeness (QED) is 0.881. The Balaban J connectivity index is 2.11. The number of aromatic nitrogens is 3. The highest BCUT2D eigenvalue weighted by molar-refractivity contribution is 7.11. The van der Waals surface area contributed by atoms with Gasteiger partial charge in [-0.05, 0) is 13.8 Å². The van der Waals surface area contributed by atoms with E-state index in [1.54, 1.807) is 23.7 Å². The van der Waals surface area contributed by atoms with E-state index in [4.69, 9.17) is 0 Å². The second kappa shape index (κ2) is 4.67. The van der Waals surface area contributed by atoms with Gasteiger partial charge in [-0.3, -0.25) is 0 Å². The molecular weight excluding hydrogens is 222 g/mol. The highest BCUT2D eigenvalue weighted by atomic mass is 32.1. The zero-order chi connectivity index (χ0) is 11.5. The molecule has 1 unspecified atom stereocenters. The van der Waals surface area contributed by atoms with Crippen LogP contribution < -0.4 is 0 Å². The average molecular weight is 235 g/mol. The maximum atomic E-state index is 9.96. The predicted molar refractivity (Wildman–Crippen MR) is 62.3 cm³/mol. The first-order valence-corrected chi connectivity index (χ1v) is 5.84. The molecule has 0 amide bonds. The van der Waals surface area contributed by atoms with Gasteiger partial charge in [0.1, 0.15) is 6.33 Å². The summed E-state index contributed by atoms with van der Waals surface area (Å²) >= 11 is 1.63. The molecule has 1 N–H and O–H groups in total. The van der Waals surface area contributed by atoms with Gasteiger partial charge in [-0.15, -0.1) is 11.3 Å². The number of aryl methyl sites for hydroxylation is 2. The lowest BCUT2D eigenvalue weighted by atomic mass is 10.1. The van der Waals surface area contributed by atoms with Crippen molar-refractivity contribution in [1.82, 2.24) is 15.0 Å². The molecule has 0 bridgehead atoms. The van der Waals surface area contributed by atoms with Crippen molar-refractivity contribution >= 4 is 11.3 Å². The van der Waals surface area contributed by atoms with Crippen LogP contribution in [0.25, 0.3) is 0 Å². The summed E-state index contributed by atoms with van der Waals surface area (Å²) in [6.07, 6.45) is 4.66. The van der Waals surface area contributed by atoms with Crippen LogP contribution in [0.15, 0.2) is 18.7 Å². The first-order valence-electron chi connectivity index (χ1n) is 5.02. The van der Waals surface area contributed by atoms with Gasteiger partial charge in [0.05, 0.1) is 16.8 Å². The summed E-state index contributed by atoms with van der Waals surface area (Å²) in [4.78, 5) is 13.4. The number of thiazole rings is 1. The van der Waals surface area contributed by atoms with E-state index in [0.717, 1.165) is 16.3 Å². The van der Waals surface area contributed by atoms with Crippen LogP contribution in [0.3, 0.4) is 0 Å². The van der Waals surface area contributed by atoms with Gasteiger partial charge in [-0.1, -0.05) is 0 Å². The Morgan fingerprint density at radius 1 is 1.31 bits per heavy atom. The normalized spacial score (nSPS) is 12.7. The minimum atomic E-state index is -0.578. The second-order valence-electron chi connectivity index (χ2n) is 3.64. The Labute approximate surface area is 98.0 Å². The second-order valence-corrected chi connectivity index (χ2v) is 4.93. The number of hydrogen-bond donors (Lipinski definition) is 1. The molecule has 0 radical (unpaired) electrons. The van der Waals surface area contributed by atoms with Gasteiger partial charge in [0.15, 0.2) is 0 Å². The Bertz CT molecular complexity index is 450. The van der Waals surface area contributed by atoms with E-state index in [2.05, 4.69) is 15.0 Å². The molecule has 0 aliphatic heterocycles. The van der Waals surface area contributed by atoms with E-state index in [-0.39, 0.29) is 0 Å². The summed E-state index contributed by atoms with van der Waals surface area (Å²) in [7, 11) is 0. The molecule has 5 heteroatoms. The van der Waals surface area contributed by atoms with Gasteiger partial charge < -0.3 is 5.11 Å². The maximum absolute atomic E-state index is 9.96. The molecule has 2 aromatic heterocycles. The van der Waals surface area contributed by atoms with Crippen LogP contribution in [0, 0.1) is 13.8 Å². The minimum absolute atomic E-state index is 0.521. The van der Waals surface area contributed by atoms with Crippen LogP contribution in [-0.4, -0.2) is 20.1 Å². The molecule has 4 nitrogen and oxygen atoms in total. The smallest absolute Gasteiger partial charge is 0.115 e. The Kier molecular flexibility index (Phi) is 3.26. The van der Waals surface area contributed by atoms with Crippen molar-refractivity contribution in [3.8, 4) is 0 Å². The molecule has 0 aliphatic carbocycles. The molecular formula is C11H13N3OS. The highest BCUT2D eigenvalue weighted by Crippen LogP contribution is 2.22. The molecule has 2 rings (SSSR count). The van der Waals surface area contributed by atoms with Crippen molar-refractivity contribution in [2.24, 2.45) is 0 Å². The van der Waals surface area contributed by atoms with Gasteiger partial charge in [0.25, 0.3) is 0 Å². The van der Waals surface area contributed by atoms with Crippen LogP contribution in [0.1, 0.15) is 27.2 Å². The zero-order valence-corrected chi connectivity index (χ0v) is 10.0. The van der Waals surface area contributed by atoms with Gasteiger partial charge in [0.2, 0.25) is 0 Å². The fourth-order valence-corrected chi connectivity index (χ4v) is 2.36. The molecule has 0 saturated carbocycles. The number of aliphatic hydroxyl groups excluding tert-OH is 1. The minimum Gasteiger partial charge on any atom is -0.388 e. The molecule has 16 heavy (non-hydrogen) atoms. The van der Waals surface area contributed by atoms with E-state index in [1.165, 1.54) is 11.2 Å². The van der Waals surface area contributed by atoms with Crippen LogP contribution >= 0.6 is 11.3 Å². The molecule has 0 spiro atoms. The predicted octanol–water partition coefficient (Wildman–Crippen LogP) is 1.83. The molecule has 2 heterocycles. The fourth-order valence-electron chi connectivity index (χ4n) is 1.39. The summed E-state index contributed by atoms with van der Waals surface area (Å²) < 4.78 is 0. The van der Waals surface area contributed by atoms with Crippen LogP contribution in [0.5, 0.6) is 0 Å². The van der Waals surface area contributed by atoms with Crippen molar-refractivity contribution in [1.29, 1.82) is 0 Å². The number of rotatable bonds is 3. The van der Waals surface area contributed by atoms with Crippen molar-refractivity contribution in [3.63, 3.8) is 0 Å². The number of nitrogens with zero attached hydrogens (tertiary/aromatic N) is 3. The van der Waals surface area contributed by atoms with E-state index < -0.39 is 6.10 Å². The van der Waals surface area contributed by atoms with Crippen LogP contribution in [-0.2, 0) is 6.42 Å². The fraction of sp³-hybridized carbons (Fsp3) is 0.364. The van der Waals surface area contributed by atoms with Gasteiger partial charge in [0, 0.05) is 29.3 Å². The lowest BCUT2D eigenvalue weighted by Gasteiger charge is -2.07. The highest BCUT2D eigenvalue weighted by Gasteiger charge is 2.12. The van der Waals surface area contributed by atoms with E-state index in [9.17, 15) is 5.11 Å². The molecule has 0 fully saturated rings. The first-order chi connectivity index (χ1) is 7.66. The first kappa shape index (κ1) is 11.2. The molecule has 1 atom stereocenters. The van der Waals surface area contributed by atoms with E-state index in [0.29, 0.717) is 6.42 Å². The Morgan fingerprint density at radius 3 is 2.56 bits per heavy atom. The Morgan fingerprint density at radius 2 is 2.00 bits per heavy atom. The topological polar surface area (TPSA) is 58.9 Å². The van der Waals surface area contributed by atoms with Crippen LogP contribution in [0.4, 0.5) is 0 Å². The molecule has 2 aromatic rings. The molecule has 0 saturated heterocycles. The monoisotopic (exact) mass is 235 g/mol. The molecule has 0 aromatic carbocycles. The third-order valence-corrected chi connectivity index (χ3v) is 3.50. The zero-order valence-electron chi connectivity index (χ0n) is 9.21. The van der Waals surface area contributed by atoms with Crippen LogP contribution in [0.2, 0.25) is 0 Å². The largest absolute Gasteiger partial charge is 0.388 e. The summed E-state index contributed by atoms with van der Waals surface area (Å²) in [5.74, 6) is 0. The third-order valence-electron chi connectivity index (χ3n) is 2.41. The number of hydrogen-bond acceptors (Lipinski definition) is 5. The summed E-state index contributed by atoms with van der Waals surface area (Å²) in [5, 5.41) is 10.9. The van der Waals surface area contributed by atoms with Crippen molar-refractivity contribution < 1.29 is 5.11 Å². The average Bonchev–Trinajstić information content (AvgIpc) is 2.59. The van der Waals surface area contributed by atoms with Gasteiger partial charge >= 0.3 is 0 Å². The van der Waals surface area contributed by atoms with Crippen molar-refractivity contribution in [2.75, 3.05) is 0 Å². The lowest BCUT2D eigenvalue weighted by molar-refractivity contribution is 0.177.